The van der Waals surface area contributed by atoms with Crippen molar-refractivity contribution in [1.29, 1.82) is 0 Å². The Balaban J connectivity index is 1.37. The van der Waals surface area contributed by atoms with E-state index in [-0.39, 0.29) is 4.90 Å². The fourth-order valence-corrected chi connectivity index (χ4v) is 5.07. The van der Waals surface area contributed by atoms with Crippen LogP contribution in [0.5, 0.6) is 5.75 Å². The van der Waals surface area contributed by atoms with Crippen molar-refractivity contribution >= 4 is 21.6 Å². The van der Waals surface area contributed by atoms with Crippen LogP contribution in [0.15, 0.2) is 51.9 Å². The molecule has 1 saturated heterocycles. The molecule has 1 fully saturated rings. The highest BCUT2D eigenvalue weighted by Gasteiger charge is 2.29. The van der Waals surface area contributed by atoms with Crippen LogP contribution in [0.25, 0.3) is 11.4 Å². The second-order valence-electron chi connectivity index (χ2n) is 7.33. The van der Waals surface area contributed by atoms with Gasteiger partial charge in [0, 0.05) is 36.8 Å². The Morgan fingerprint density at radius 2 is 1.81 bits per heavy atom. The van der Waals surface area contributed by atoms with E-state index < -0.39 is 10.0 Å². The summed E-state index contributed by atoms with van der Waals surface area (Å²) in [5.41, 5.74) is 1.68. The molecule has 8 nitrogen and oxygen atoms in total. The first kappa shape index (κ1) is 21.8. The third kappa shape index (κ3) is 4.74. The van der Waals surface area contributed by atoms with Crippen molar-refractivity contribution in [2.45, 2.75) is 18.4 Å². The molecule has 0 amide bonds. The van der Waals surface area contributed by atoms with Crippen molar-refractivity contribution in [3.8, 4) is 17.1 Å². The molecule has 0 atom stereocenters. The van der Waals surface area contributed by atoms with E-state index in [0.717, 1.165) is 16.9 Å². The summed E-state index contributed by atoms with van der Waals surface area (Å²) in [5.74, 6) is 1.76. The van der Waals surface area contributed by atoms with Gasteiger partial charge in [-0.05, 0) is 48.9 Å². The van der Waals surface area contributed by atoms with Crippen molar-refractivity contribution in [1.82, 2.24) is 19.3 Å². The van der Waals surface area contributed by atoms with E-state index in [1.165, 1.54) is 10.4 Å². The molecule has 4 rings (SSSR count). The van der Waals surface area contributed by atoms with Gasteiger partial charge in [0.25, 0.3) is 0 Å². The minimum absolute atomic E-state index is 0.220. The molecule has 0 unspecified atom stereocenters. The number of piperazine rings is 1. The zero-order valence-electron chi connectivity index (χ0n) is 17.3. The zero-order valence-corrected chi connectivity index (χ0v) is 18.9. The number of methoxy groups -OCH3 is 1. The van der Waals surface area contributed by atoms with E-state index in [4.69, 9.17) is 20.9 Å². The molecule has 10 heteroatoms. The van der Waals surface area contributed by atoms with E-state index in [1.807, 2.05) is 31.2 Å². The average Bonchev–Trinajstić information content (AvgIpc) is 3.24. The van der Waals surface area contributed by atoms with E-state index in [0.29, 0.717) is 49.5 Å². The Kier molecular flexibility index (Phi) is 6.29. The molecule has 0 saturated carbocycles. The molecule has 0 spiro atoms. The fourth-order valence-electron chi connectivity index (χ4n) is 3.38. The standard InChI is InChI=1S/C21H23ClN4O4S/c1-15-3-8-18(13-19(15)22)31(27,28)26-11-9-25(10-12-26)14-20-23-21(24-30-20)16-4-6-17(29-2)7-5-16/h3-8,13H,9-12,14H2,1-2H3. The van der Waals surface area contributed by atoms with Crippen LogP contribution in [0.2, 0.25) is 5.02 Å². The fraction of sp³-hybridized carbons (Fsp3) is 0.333. The van der Waals surface area contributed by atoms with Gasteiger partial charge in [0.2, 0.25) is 21.7 Å². The maximum absolute atomic E-state index is 12.9. The first-order valence-corrected chi connectivity index (χ1v) is 11.6. The van der Waals surface area contributed by atoms with Gasteiger partial charge in [-0.15, -0.1) is 0 Å². The van der Waals surface area contributed by atoms with E-state index in [2.05, 4.69) is 15.0 Å². The maximum Gasteiger partial charge on any atom is 0.243 e. The number of sulfonamides is 1. The minimum Gasteiger partial charge on any atom is -0.497 e. The largest absolute Gasteiger partial charge is 0.497 e. The highest BCUT2D eigenvalue weighted by Crippen LogP contribution is 2.24. The van der Waals surface area contributed by atoms with Crippen LogP contribution < -0.4 is 4.74 Å². The topological polar surface area (TPSA) is 88.8 Å². The Morgan fingerprint density at radius 3 is 2.45 bits per heavy atom. The lowest BCUT2D eigenvalue weighted by atomic mass is 10.2. The highest BCUT2D eigenvalue weighted by atomic mass is 35.5. The SMILES string of the molecule is COc1ccc(-c2noc(CN3CCN(S(=O)(=O)c4ccc(C)c(Cl)c4)CC3)n2)cc1. The van der Waals surface area contributed by atoms with E-state index in [1.54, 1.807) is 19.2 Å². The van der Waals surface area contributed by atoms with Crippen LogP contribution in [0.4, 0.5) is 0 Å². The van der Waals surface area contributed by atoms with Gasteiger partial charge >= 0.3 is 0 Å². The molecular formula is C21H23ClN4O4S. The van der Waals surface area contributed by atoms with Crippen molar-refractivity contribution in [2.24, 2.45) is 0 Å². The Hall–Kier alpha value is -2.46. The molecule has 2 aromatic carbocycles. The number of aromatic nitrogens is 2. The summed E-state index contributed by atoms with van der Waals surface area (Å²) in [6.45, 7) is 4.21. The number of aryl methyl sites for hydroxylation is 1. The lowest BCUT2D eigenvalue weighted by molar-refractivity contribution is 0.163. The second kappa shape index (κ2) is 8.96. The normalized spacial score (nSPS) is 15.8. The van der Waals surface area contributed by atoms with Gasteiger partial charge in [0.15, 0.2) is 0 Å². The zero-order chi connectivity index (χ0) is 22.0. The van der Waals surface area contributed by atoms with Crippen LogP contribution in [0.3, 0.4) is 0 Å². The molecule has 3 aromatic rings. The first-order valence-electron chi connectivity index (χ1n) is 9.82. The third-order valence-electron chi connectivity index (χ3n) is 5.29. The summed E-state index contributed by atoms with van der Waals surface area (Å²) in [6, 6.07) is 12.3. The Morgan fingerprint density at radius 1 is 1.10 bits per heavy atom. The highest BCUT2D eigenvalue weighted by molar-refractivity contribution is 7.89. The number of hydrogen-bond donors (Lipinski definition) is 0. The van der Waals surface area contributed by atoms with Crippen molar-refractivity contribution in [2.75, 3.05) is 33.3 Å². The van der Waals surface area contributed by atoms with Gasteiger partial charge in [-0.3, -0.25) is 4.90 Å². The average molecular weight is 463 g/mol. The number of ether oxygens (including phenoxy) is 1. The predicted molar refractivity (Wildman–Crippen MR) is 117 cm³/mol. The number of halogens is 1. The van der Waals surface area contributed by atoms with Crippen LogP contribution in [0.1, 0.15) is 11.5 Å². The lowest BCUT2D eigenvalue weighted by Gasteiger charge is -2.33. The number of rotatable bonds is 6. The summed E-state index contributed by atoms with van der Waals surface area (Å²) < 4.78 is 37.9. The van der Waals surface area contributed by atoms with Gasteiger partial charge in [-0.2, -0.15) is 9.29 Å². The van der Waals surface area contributed by atoms with Crippen LogP contribution in [-0.4, -0.2) is 61.1 Å². The molecule has 31 heavy (non-hydrogen) atoms. The number of hydrogen-bond acceptors (Lipinski definition) is 7. The third-order valence-corrected chi connectivity index (χ3v) is 7.59. The minimum atomic E-state index is -3.57. The summed E-state index contributed by atoms with van der Waals surface area (Å²) in [4.78, 5) is 6.77. The Labute approximate surface area is 186 Å². The first-order chi connectivity index (χ1) is 14.9. The smallest absolute Gasteiger partial charge is 0.243 e. The van der Waals surface area contributed by atoms with Gasteiger partial charge in [-0.1, -0.05) is 22.8 Å². The van der Waals surface area contributed by atoms with Gasteiger partial charge in [0.1, 0.15) is 5.75 Å². The van der Waals surface area contributed by atoms with Gasteiger partial charge in [0.05, 0.1) is 18.6 Å². The molecule has 164 valence electrons. The number of nitrogens with zero attached hydrogens (tertiary/aromatic N) is 4. The van der Waals surface area contributed by atoms with Crippen LogP contribution in [0, 0.1) is 6.92 Å². The van der Waals surface area contributed by atoms with Gasteiger partial charge in [-0.25, -0.2) is 8.42 Å². The van der Waals surface area contributed by atoms with Crippen molar-refractivity contribution in [3.63, 3.8) is 0 Å². The molecule has 2 heterocycles. The molecule has 0 bridgehead atoms. The molecule has 0 N–H and O–H groups in total. The molecule has 1 aromatic heterocycles. The molecular weight excluding hydrogens is 440 g/mol. The maximum atomic E-state index is 12.9. The molecule has 0 aliphatic carbocycles. The van der Waals surface area contributed by atoms with E-state index in [9.17, 15) is 8.42 Å². The second-order valence-corrected chi connectivity index (χ2v) is 9.68. The summed E-state index contributed by atoms with van der Waals surface area (Å²) in [7, 11) is -1.96. The summed E-state index contributed by atoms with van der Waals surface area (Å²) in [6.07, 6.45) is 0. The quantitative estimate of drug-likeness (QED) is 0.555. The monoisotopic (exact) mass is 462 g/mol. The summed E-state index contributed by atoms with van der Waals surface area (Å²) >= 11 is 6.11. The van der Waals surface area contributed by atoms with E-state index >= 15 is 0 Å². The summed E-state index contributed by atoms with van der Waals surface area (Å²) in [5, 5.41) is 4.49. The predicted octanol–water partition coefficient (Wildman–Crippen LogP) is 3.21. The molecule has 1 aliphatic rings. The van der Waals surface area contributed by atoms with Crippen LogP contribution >= 0.6 is 11.6 Å². The molecule has 0 radical (unpaired) electrons. The Bertz CT molecular complexity index is 1160. The van der Waals surface area contributed by atoms with Crippen molar-refractivity contribution in [3.05, 3.63) is 58.9 Å². The van der Waals surface area contributed by atoms with Crippen LogP contribution in [-0.2, 0) is 16.6 Å². The number of benzene rings is 2. The molecule has 1 aliphatic heterocycles. The lowest BCUT2D eigenvalue weighted by Crippen LogP contribution is -2.48. The van der Waals surface area contributed by atoms with Crippen molar-refractivity contribution < 1.29 is 17.7 Å². The van der Waals surface area contributed by atoms with Gasteiger partial charge < -0.3 is 9.26 Å².